The van der Waals surface area contributed by atoms with Crippen molar-refractivity contribution in [3.05, 3.63) is 18.0 Å². The van der Waals surface area contributed by atoms with Gasteiger partial charge in [-0.2, -0.15) is 5.10 Å². The highest BCUT2D eigenvalue weighted by atomic mass is 32.2. The van der Waals surface area contributed by atoms with Crippen LogP contribution >= 0.6 is 0 Å². The lowest BCUT2D eigenvalue weighted by atomic mass is 9.99. The van der Waals surface area contributed by atoms with E-state index >= 15 is 0 Å². The first kappa shape index (κ1) is 10.6. The Hall–Kier alpha value is -0.880. The molecule has 0 amide bonds. The molecule has 0 aliphatic carbocycles. The minimum atomic E-state index is -2.93. The summed E-state index contributed by atoms with van der Waals surface area (Å²) in [7, 11) is -1.20. The molecule has 1 saturated heterocycles. The molecule has 2 heterocycles. The van der Waals surface area contributed by atoms with Gasteiger partial charge in [0, 0.05) is 19.2 Å². The fourth-order valence-corrected chi connectivity index (χ4v) is 3.82. The second kappa shape index (κ2) is 3.61. The van der Waals surface area contributed by atoms with Crippen molar-refractivity contribution in [3.63, 3.8) is 0 Å². The van der Waals surface area contributed by atoms with Gasteiger partial charge in [-0.15, -0.1) is 0 Å². The van der Waals surface area contributed by atoms with Crippen LogP contribution in [0.3, 0.4) is 0 Å². The van der Waals surface area contributed by atoms with Crippen molar-refractivity contribution in [2.24, 2.45) is 13.0 Å². The van der Waals surface area contributed by atoms with Crippen LogP contribution in [0.15, 0.2) is 12.3 Å². The van der Waals surface area contributed by atoms with E-state index in [0.29, 0.717) is 12.1 Å². The predicted molar refractivity (Wildman–Crippen MR) is 54.9 cm³/mol. The van der Waals surface area contributed by atoms with E-state index in [2.05, 4.69) is 5.10 Å². The maximum absolute atomic E-state index is 11.3. The maximum atomic E-state index is 11.3. The van der Waals surface area contributed by atoms with Crippen molar-refractivity contribution >= 4 is 9.84 Å². The molecular weight excluding hydrogens is 216 g/mol. The van der Waals surface area contributed by atoms with Gasteiger partial charge < -0.3 is 5.11 Å². The van der Waals surface area contributed by atoms with E-state index < -0.39 is 15.9 Å². The molecule has 1 aliphatic rings. The van der Waals surface area contributed by atoms with Crippen molar-refractivity contribution in [2.45, 2.75) is 12.5 Å². The lowest BCUT2D eigenvalue weighted by Gasteiger charge is -2.16. The van der Waals surface area contributed by atoms with Crippen molar-refractivity contribution in [1.82, 2.24) is 9.78 Å². The molecule has 5 nitrogen and oxygen atoms in total. The van der Waals surface area contributed by atoms with Crippen molar-refractivity contribution in [3.8, 4) is 0 Å². The quantitative estimate of drug-likeness (QED) is 0.769. The fourth-order valence-electron chi connectivity index (χ4n) is 1.99. The van der Waals surface area contributed by atoms with Gasteiger partial charge in [-0.25, -0.2) is 8.42 Å². The van der Waals surface area contributed by atoms with Gasteiger partial charge >= 0.3 is 0 Å². The van der Waals surface area contributed by atoms with Crippen LogP contribution in [0.5, 0.6) is 0 Å². The first-order valence-corrected chi connectivity index (χ1v) is 6.68. The molecule has 0 bridgehead atoms. The largest absolute Gasteiger partial charge is 0.386 e. The Morgan fingerprint density at radius 1 is 1.67 bits per heavy atom. The van der Waals surface area contributed by atoms with E-state index in [-0.39, 0.29) is 17.4 Å². The molecule has 1 fully saturated rings. The molecular formula is C9H14N2O3S. The number of hydrogen-bond donors (Lipinski definition) is 1. The molecule has 2 atom stereocenters. The highest BCUT2D eigenvalue weighted by Gasteiger charge is 2.34. The van der Waals surface area contributed by atoms with Gasteiger partial charge in [0.15, 0.2) is 9.84 Å². The molecule has 0 saturated carbocycles. The Balaban J connectivity index is 2.17. The molecule has 2 rings (SSSR count). The number of nitrogens with zero attached hydrogens (tertiary/aromatic N) is 2. The maximum Gasteiger partial charge on any atom is 0.150 e. The number of aliphatic hydroxyl groups is 1. The average molecular weight is 230 g/mol. The highest BCUT2D eigenvalue weighted by Crippen LogP contribution is 2.30. The molecule has 1 aromatic heterocycles. The third kappa shape index (κ3) is 2.05. The normalized spacial score (nSPS) is 26.7. The SMILES string of the molecule is Cn1nccc1C(O)C1CCS(=O)(=O)C1. The van der Waals surface area contributed by atoms with Crippen LogP contribution < -0.4 is 0 Å². The monoisotopic (exact) mass is 230 g/mol. The van der Waals surface area contributed by atoms with Gasteiger partial charge in [-0.3, -0.25) is 4.68 Å². The smallest absolute Gasteiger partial charge is 0.150 e. The Labute approximate surface area is 88.6 Å². The summed E-state index contributed by atoms with van der Waals surface area (Å²) in [5, 5.41) is 13.9. The number of sulfone groups is 1. The van der Waals surface area contributed by atoms with E-state index in [0.717, 1.165) is 0 Å². The summed E-state index contributed by atoms with van der Waals surface area (Å²) in [4.78, 5) is 0. The third-order valence-electron chi connectivity index (χ3n) is 2.88. The predicted octanol–water partition coefficient (Wildman–Crippen LogP) is -0.112. The molecule has 0 radical (unpaired) electrons. The lowest BCUT2D eigenvalue weighted by molar-refractivity contribution is 0.112. The summed E-state index contributed by atoms with van der Waals surface area (Å²) >= 11 is 0. The molecule has 0 aromatic carbocycles. The van der Waals surface area contributed by atoms with E-state index in [4.69, 9.17) is 0 Å². The second-order valence-corrected chi connectivity index (χ2v) is 6.22. The van der Waals surface area contributed by atoms with E-state index in [9.17, 15) is 13.5 Å². The highest BCUT2D eigenvalue weighted by molar-refractivity contribution is 7.91. The Bertz CT molecular complexity index is 452. The number of aryl methyl sites for hydroxylation is 1. The first-order chi connectivity index (χ1) is 6.99. The lowest BCUT2D eigenvalue weighted by Crippen LogP contribution is -2.17. The molecule has 0 spiro atoms. The van der Waals surface area contributed by atoms with Crippen molar-refractivity contribution in [1.29, 1.82) is 0 Å². The molecule has 1 N–H and O–H groups in total. The van der Waals surface area contributed by atoms with Crippen LogP contribution in [-0.4, -0.2) is 34.8 Å². The van der Waals surface area contributed by atoms with Crippen molar-refractivity contribution in [2.75, 3.05) is 11.5 Å². The van der Waals surface area contributed by atoms with Crippen molar-refractivity contribution < 1.29 is 13.5 Å². The second-order valence-electron chi connectivity index (χ2n) is 3.99. The zero-order chi connectivity index (χ0) is 11.1. The Morgan fingerprint density at radius 2 is 2.40 bits per heavy atom. The number of hydrogen-bond acceptors (Lipinski definition) is 4. The summed E-state index contributed by atoms with van der Waals surface area (Å²) in [6, 6.07) is 1.72. The number of aliphatic hydroxyl groups excluding tert-OH is 1. The minimum absolute atomic E-state index is 0.0827. The van der Waals surface area contributed by atoms with Crippen LogP contribution in [0.2, 0.25) is 0 Å². The minimum Gasteiger partial charge on any atom is -0.386 e. The summed E-state index contributed by atoms with van der Waals surface area (Å²) in [5.41, 5.74) is 0.678. The van der Waals surface area contributed by atoms with E-state index in [1.165, 1.54) is 0 Å². The van der Waals surface area contributed by atoms with Crippen LogP contribution in [0.25, 0.3) is 0 Å². The summed E-state index contributed by atoms with van der Waals surface area (Å²) in [6.07, 6.45) is 1.41. The Morgan fingerprint density at radius 3 is 2.87 bits per heavy atom. The molecule has 1 aromatic rings. The van der Waals surface area contributed by atoms with Crippen LogP contribution in [-0.2, 0) is 16.9 Å². The van der Waals surface area contributed by atoms with Crippen LogP contribution in [0.1, 0.15) is 18.2 Å². The standard InChI is InChI=1S/C9H14N2O3S/c1-11-8(2-4-10-11)9(12)7-3-5-15(13,14)6-7/h2,4,7,9,12H,3,5-6H2,1H3. The molecule has 2 unspecified atom stereocenters. The van der Waals surface area contributed by atoms with Gasteiger partial charge in [0.2, 0.25) is 0 Å². The van der Waals surface area contributed by atoms with Crippen LogP contribution in [0, 0.1) is 5.92 Å². The summed E-state index contributed by atoms with van der Waals surface area (Å²) < 4.78 is 24.1. The summed E-state index contributed by atoms with van der Waals surface area (Å²) in [5.74, 6) is 0.0803. The average Bonchev–Trinajstić information content (AvgIpc) is 2.71. The van der Waals surface area contributed by atoms with Gasteiger partial charge in [-0.05, 0) is 12.5 Å². The molecule has 1 aliphatic heterocycles. The topological polar surface area (TPSA) is 72.2 Å². The van der Waals surface area contributed by atoms with Gasteiger partial charge in [0.25, 0.3) is 0 Å². The molecule has 6 heteroatoms. The van der Waals surface area contributed by atoms with Gasteiger partial charge in [0.1, 0.15) is 0 Å². The fraction of sp³-hybridized carbons (Fsp3) is 0.667. The number of rotatable bonds is 2. The van der Waals surface area contributed by atoms with E-state index in [1.807, 2.05) is 0 Å². The van der Waals surface area contributed by atoms with Gasteiger partial charge in [0.05, 0.1) is 23.3 Å². The number of aromatic nitrogens is 2. The third-order valence-corrected chi connectivity index (χ3v) is 4.67. The van der Waals surface area contributed by atoms with Gasteiger partial charge in [-0.1, -0.05) is 0 Å². The molecule has 84 valence electrons. The zero-order valence-corrected chi connectivity index (χ0v) is 9.31. The zero-order valence-electron chi connectivity index (χ0n) is 8.50. The summed E-state index contributed by atoms with van der Waals surface area (Å²) in [6.45, 7) is 0. The first-order valence-electron chi connectivity index (χ1n) is 4.86. The van der Waals surface area contributed by atoms with Crippen LogP contribution in [0.4, 0.5) is 0 Å². The van der Waals surface area contributed by atoms with E-state index in [1.54, 1.807) is 24.0 Å². The molecule has 15 heavy (non-hydrogen) atoms. The Kier molecular flexibility index (Phi) is 2.56.